The van der Waals surface area contributed by atoms with Crippen LogP contribution in [0, 0.1) is 5.92 Å². The van der Waals surface area contributed by atoms with Crippen LogP contribution in [0.4, 0.5) is 0 Å². The SMILES string of the molecule is CC(NC(=O)C(N)C(C)C)C(=O)NC(CCCN=C(N)N)C(=O)NC(Cc1ccc(O)cc1)C(=O)O. The first kappa shape index (κ1) is 30.2. The van der Waals surface area contributed by atoms with Gasteiger partial charge in [0.2, 0.25) is 17.7 Å². The third-order valence-corrected chi connectivity index (χ3v) is 5.34. The van der Waals surface area contributed by atoms with Crippen LogP contribution in [0.3, 0.4) is 0 Å². The number of carboxylic acid groups (broad SMARTS) is 1. The lowest BCUT2D eigenvalue weighted by molar-refractivity contribution is -0.142. The summed E-state index contributed by atoms with van der Waals surface area (Å²) in [6.45, 7) is 5.17. The molecule has 1 aromatic rings. The molecule has 0 heterocycles. The van der Waals surface area contributed by atoms with Gasteiger partial charge >= 0.3 is 5.97 Å². The summed E-state index contributed by atoms with van der Waals surface area (Å²) >= 11 is 0. The molecule has 0 fully saturated rings. The number of nitrogens with zero attached hydrogens (tertiary/aromatic N) is 1. The topological polar surface area (TPSA) is 235 Å². The Morgan fingerprint density at radius 2 is 1.50 bits per heavy atom. The van der Waals surface area contributed by atoms with E-state index < -0.39 is 47.9 Å². The quantitative estimate of drug-likeness (QED) is 0.0832. The molecule has 0 aliphatic carbocycles. The van der Waals surface area contributed by atoms with Gasteiger partial charge in [-0.2, -0.15) is 0 Å². The highest BCUT2D eigenvalue weighted by Crippen LogP contribution is 2.12. The number of amides is 3. The van der Waals surface area contributed by atoms with Crippen LogP contribution in [0.25, 0.3) is 0 Å². The van der Waals surface area contributed by atoms with E-state index in [-0.39, 0.29) is 37.0 Å². The van der Waals surface area contributed by atoms with Crippen LogP contribution in [-0.2, 0) is 25.6 Å². The molecular formula is C23H37N7O6. The summed E-state index contributed by atoms with van der Waals surface area (Å²) in [4.78, 5) is 53.5. The van der Waals surface area contributed by atoms with Gasteiger partial charge in [-0.15, -0.1) is 0 Å². The van der Waals surface area contributed by atoms with Crippen LogP contribution in [0.5, 0.6) is 5.75 Å². The minimum Gasteiger partial charge on any atom is -0.508 e. The van der Waals surface area contributed by atoms with Gasteiger partial charge in [0.15, 0.2) is 5.96 Å². The van der Waals surface area contributed by atoms with Gasteiger partial charge in [0.1, 0.15) is 23.9 Å². The van der Waals surface area contributed by atoms with Gasteiger partial charge in [0, 0.05) is 13.0 Å². The summed E-state index contributed by atoms with van der Waals surface area (Å²) in [5, 5.41) is 26.5. The van der Waals surface area contributed by atoms with Crippen molar-refractivity contribution in [2.24, 2.45) is 28.1 Å². The molecule has 0 bridgehead atoms. The number of hydrogen-bond donors (Lipinski definition) is 8. The highest BCUT2D eigenvalue weighted by Gasteiger charge is 2.29. The van der Waals surface area contributed by atoms with E-state index in [1.54, 1.807) is 13.8 Å². The Balaban J connectivity index is 2.93. The van der Waals surface area contributed by atoms with Gasteiger partial charge < -0.3 is 43.4 Å². The van der Waals surface area contributed by atoms with Crippen molar-refractivity contribution in [3.8, 4) is 5.75 Å². The summed E-state index contributed by atoms with van der Waals surface area (Å²) in [7, 11) is 0. The maximum absolute atomic E-state index is 13.0. The summed E-state index contributed by atoms with van der Waals surface area (Å²) in [5.74, 6) is -3.41. The first-order valence-electron chi connectivity index (χ1n) is 11.5. The van der Waals surface area contributed by atoms with Crippen molar-refractivity contribution in [3.05, 3.63) is 29.8 Å². The second-order valence-corrected chi connectivity index (χ2v) is 8.78. The van der Waals surface area contributed by atoms with Crippen molar-refractivity contribution in [3.63, 3.8) is 0 Å². The van der Waals surface area contributed by atoms with E-state index in [9.17, 15) is 29.4 Å². The largest absolute Gasteiger partial charge is 0.508 e. The number of guanidine groups is 1. The number of rotatable bonds is 14. The van der Waals surface area contributed by atoms with Crippen molar-refractivity contribution < 1.29 is 29.4 Å². The zero-order chi connectivity index (χ0) is 27.4. The van der Waals surface area contributed by atoms with Gasteiger partial charge in [-0.1, -0.05) is 26.0 Å². The molecule has 0 saturated carbocycles. The minimum absolute atomic E-state index is 0.0220. The Kier molecular flexibility index (Phi) is 12.2. The molecule has 11 N–H and O–H groups in total. The molecule has 0 aliphatic rings. The predicted molar refractivity (Wildman–Crippen MR) is 134 cm³/mol. The fraction of sp³-hybridized carbons (Fsp3) is 0.522. The number of phenols is 1. The Hall–Kier alpha value is -3.87. The van der Waals surface area contributed by atoms with Gasteiger partial charge in [-0.3, -0.25) is 19.4 Å². The molecule has 13 nitrogen and oxygen atoms in total. The third kappa shape index (κ3) is 10.6. The number of aromatic hydroxyl groups is 1. The Bertz CT molecular complexity index is 931. The lowest BCUT2D eigenvalue weighted by Gasteiger charge is -2.24. The van der Waals surface area contributed by atoms with Gasteiger partial charge in [0.25, 0.3) is 0 Å². The number of benzene rings is 1. The Morgan fingerprint density at radius 3 is 2.03 bits per heavy atom. The maximum atomic E-state index is 13.0. The molecule has 1 rings (SSSR count). The van der Waals surface area contributed by atoms with Crippen LogP contribution < -0.4 is 33.2 Å². The standard InChI is InChI=1S/C23H37N7O6/c1-12(2)18(24)21(34)28-13(3)19(32)29-16(5-4-10-27-23(25)26)20(33)30-17(22(35)36)11-14-6-8-15(31)9-7-14/h6-9,12-13,16-18,31H,4-5,10-11,24H2,1-3H3,(H,28,34)(H,29,32)(H,30,33)(H,35,36)(H4,25,26,27). The molecule has 1 aromatic carbocycles. The number of nitrogens with two attached hydrogens (primary N) is 3. The van der Waals surface area contributed by atoms with E-state index in [0.29, 0.717) is 12.0 Å². The fourth-order valence-electron chi connectivity index (χ4n) is 3.09. The molecule has 13 heteroatoms. The molecule has 3 amide bonds. The highest BCUT2D eigenvalue weighted by atomic mass is 16.4. The first-order valence-corrected chi connectivity index (χ1v) is 11.5. The summed E-state index contributed by atoms with van der Waals surface area (Å²) < 4.78 is 0. The van der Waals surface area contributed by atoms with E-state index in [2.05, 4.69) is 20.9 Å². The molecule has 36 heavy (non-hydrogen) atoms. The monoisotopic (exact) mass is 507 g/mol. The van der Waals surface area contributed by atoms with Crippen molar-refractivity contribution in [1.82, 2.24) is 16.0 Å². The van der Waals surface area contributed by atoms with Crippen LogP contribution in [0.2, 0.25) is 0 Å². The number of nitrogens with one attached hydrogen (secondary N) is 3. The number of carboxylic acids is 1. The van der Waals surface area contributed by atoms with E-state index in [4.69, 9.17) is 17.2 Å². The minimum atomic E-state index is -1.29. The van der Waals surface area contributed by atoms with E-state index in [1.807, 2.05) is 0 Å². The van der Waals surface area contributed by atoms with Crippen molar-refractivity contribution in [2.75, 3.05) is 6.54 Å². The maximum Gasteiger partial charge on any atom is 0.326 e. The zero-order valence-electron chi connectivity index (χ0n) is 20.7. The molecule has 0 spiro atoms. The smallest absolute Gasteiger partial charge is 0.326 e. The average molecular weight is 508 g/mol. The number of carbonyl (C=O) groups excluding carboxylic acids is 3. The summed E-state index contributed by atoms with van der Waals surface area (Å²) in [6, 6.07) is 1.67. The van der Waals surface area contributed by atoms with Crippen LogP contribution in [-0.4, -0.2) is 70.6 Å². The third-order valence-electron chi connectivity index (χ3n) is 5.34. The second kappa shape index (κ2) is 14.5. The molecule has 4 atom stereocenters. The molecular weight excluding hydrogens is 470 g/mol. The van der Waals surface area contributed by atoms with Crippen molar-refractivity contribution in [1.29, 1.82) is 0 Å². The van der Waals surface area contributed by atoms with Gasteiger partial charge in [-0.25, -0.2) is 4.79 Å². The lowest BCUT2D eigenvalue weighted by Crippen LogP contribution is -2.57. The number of phenolic OH excluding ortho intramolecular Hbond substituents is 1. The molecule has 200 valence electrons. The van der Waals surface area contributed by atoms with Crippen LogP contribution >= 0.6 is 0 Å². The predicted octanol–water partition coefficient (Wildman–Crippen LogP) is -1.47. The Labute approximate surface area is 209 Å². The van der Waals surface area contributed by atoms with Gasteiger partial charge in [-0.05, 0) is 43.4 Å². The van der Waals surface area contributed by atoms with E-state index in [0.717, 1.165) is 0 Å². The highest BCUT2D eigenvalue weighted by molar-refractivity contribution is 5.94. The number of hydrogen-bond acceptors (Lipinski definition) is 7. The van der Waals surface area contributed by atoms with Crippen LogP contribution in [0.15, 0.2) is 29.3 Å². The average Bonchev–Trinajstić information content (AvgIpc) is 2.80. The zero-order valence-corrected chi connectivity index (χ0v) is 20.7. The Morgan fingerprint density at radius 1 is 0.917 bits per heavy atom. The van der Waals surface area contributed by atoms with Gasteiger partial charge in [0.05, 0.1) is 6.04 Å². The normalized spacial score (nSPS) is 14.1. The van der Waals surface area contributed by atoms with E-state index in [1.165, 1.54) is 31.2 Å². The second-order valence-electron chi connectivity index (χ2n) is 8.78. The summed E-state index contributed by atoms with van der Waals surface area (Å²) in [5.41, 5.74) is 17.0. The number of carbonyl (C=O) groups is 4. The molecule has 0 radical (unpaired) electrons. The summed E-state index contributed by atoms with van der Waals surface area (Å²) in [6.07, 6.45) is 0.368. The van der Waals surface area contributed by atoms with Crippen molar-refractivity contribution >= 4 is 29.7 Å². The molecule has 4 unspecified atom stereocenters. The van der Waals surface area contributed by atoms with E-state index >= 15 is 0 Å². The molecule has 0 saturated heterocycles. The van der Waals surface area contributed by atoms with Crippen molar-refractivity contribution in [2.45, 2.75) is 64.2 Å². The number of aliphatic imine (C=N–C) groups is 1. The van der Waals surface area contributed by atoms with Crippen LogP contribution in [0.1, 0.15) is 39.2 Å². The first-order chi connectivity index (χ1) is 16.8. The fourth-order valence-corrected chi connectivity index (χ4v) is 3.09. The molecule has 0 aromatic heterocycles. The molecule has 0 aliphatic heterocycles. The lowest BCUT2D eigenvalue weighted by atomic mass is 10.0. The number of aliphatic carboxylic acids is 1.